The summed E-state index contributed by atoms with van der Waals surface area (Å²) >= 11 is 18.5. The normalized spacial score (nSPS) is 18.2. The number of hydrogen-bond donors (Lipinski definition) is 1. The van der Waals surface area contributed by atoms with Crippen LogP contribution in [0.1, 0.15) is 30.0 Å². The number of benzene rings is 2. The summed E-state index contributed by atoms with van der Waals surface area (Å²) in [5.41, 5.74) is 7.05. The van der Waals surface area contributed by atoms with Crippen molar-refractivity contribution in [1.29, 1.82) is 0 Å². The highest BCUT2D eigenvalue weighted by atomic mass is 35.5. The monoisotopic (exact) mass is 418 g/mol. The topological polar surface area (TPSA) is 42.2 Å². The van der Waals surface area contributed by atoms with E-state index in [1.165, 1.54) is 5.56 Å². The van der Waals surface area contributed by atoms with Crippen molar-refractivity contribution in [1.82, 2.24) is 9.55 Å². The van der Waals surface area contributed by atoms with Crippen molar-refractivity contribution in [2.75, 3.05) is 5.43 Å². The van der Waals surface area contributed by atoms with E-state index < -0.39 is 0 Å². The molecule has 1 atom stereocenters. The van der Waals surface area contributed by atoms with E-state index in [0.29, 0.717) is 15.7 Å². The molecular formula is C20H17Cl3N4. The van der Waals surface area contributed by atoms with E-state index >= 15 is 0 Å². The molecule has 1 aromatic heterocycles. The highest BCUT2D eigenvalue weighted by Gasteiger charge is 2.25. The molecule has 0 saturated heterocycles. The van der Waals surface area contributed by atoms with Crippen LogP contribution in [0.25, 0.3) is 0 Å². The standard InChI is InChI=1S/C20H17Cl3N4/c21-14-4-6-16-13(10-14)2-1-3-19(27-9-8-24-12-27)20(16)26-25-18-7-5-15(22)11-17(18)23/h4-12,19,25H,1-3H2. The highest BCUT2D eigenvalue weighted by Crippen LogP contribution is 2.31. The molecule has 2 aromatic carbocycles. The first-order valence-electron chi connectivity index (χ1n) is 8.67. The molecule has 0 bridgehead atoms. The summed E-state index contributed by atoms with van der Waals surface area (Å²) in [6.07, 6.45) is 8.54. The molecule has 3 aromatic rings. The Bertz CT molecular complexity index is 983. The quantitative estimate of drug-likeness (QED) is 0.403. The lowest BCUT2D eigenvalue weighted by Gasteiger charge is -2.20. The Morgan fingerprint density at radius 1 is 1.07 bits per heavy atom. The van der Waals surface area contributed by atoms with Crippen LogP contribution < -0.4 is 5.43 Å². The molecule has 1 aliphatic rings. The molecule has 0 spiro atoms. The van der Waals surface area contributed by atoms with Gasteiger partial charge < -0.3 is 4.57 Å². The van der Waals surface area contributed by atoms with Gasteiger partial charge in [0, 0.05) is 28.0 Å². The van der Waals surface area contributed by atoms with E-state index in [1.807, 2.05) is 36.8 Å². The van der Waals surface area contributed by atoms with Crippen molar-refractivity contribution in [3.05, 3.63) is 81.3 Å². The molecule has 4 nitrogen and oxygen atoms in total. The number of nitrogens with zero attached hydrogens (tertiary/aromatic N) is 3. The van der Waals surface area contributed by atoms with Gasteiger partial charge in [-0.15, -0.1) is 0 Å². The number of aryl methyl sites for hydroxylation is 1. The summed E-state index contributed by atoms with van der Waals surface area (Å²) < 4.78 is 2.09. The maximum Gasteiger partial charge on any atom is 0.0952 e. The first-order chi connectivity index (χ1) is 13.1. The van der Waals surface area contributed by atoms with Crippen LogP contribution in [0.15, 0.2) is 60.2 Å². The van der Waals surface area contributed by atoms with Crippen LogP contribution in [-0.4, -0.2) is 15.3 Å². The molecule has 27 heavy (non-hydrogen) atoms. The van der Waals surface area contributed by atoms with Crippen molar-refractivity contribution >= 4 is 46.2 Å². The van der Waals surface area contributed by atoms with Crippen molar-refractivity contribution < 1.29 is 0 Å². The first kappa shape index (κ1) is 18.4. The minimum atomic E-state index is 0.0773. The molecule has 0 fully saturated rings. The zero-order valence-corrected chi connectivity index (χ0v) is 16.6. The Balaban J connectivity index is 1.78. The van der Waals surface area contributed by atoms with E-state index in [9.17, 15) is 0 Å². The third-order valence-corrected chi connectivity index (χ3v) is 5.48. The van der Waals surface area contributed by atoms with E-state index in [4.69, 9.17) is 39.9 Å². The molecule has 0 amide bonds. The van der Waals surface area contributed by atoms with Gasteiger partial charge in [0.1, 0.15) is 0 Å². The largest absolute Gasteiger partial charge is 0.328 e. The lowest BCUT2D eigenvalue weighted by atomic mass is 9.99. The Morgan fingerprint density at radius 2 is 1.89 bits per heavy atom. The van der Waals surface area contributed by atoms with Gasteiger partial charge in [-0.3, -0.25) is 5.43 Å². The average molecular weight is 420 g/mol. The van der Waals surface area contributed by atoms with Gasteiger partial charge in [0.2, 0.25) is 0 Å². The Hall–Kier alpha value is -2.01. The van der Waals surface area contributed by atoms with Crippen LogP contribution in [0, 0.1) is 0 Å². The summed E-state index contributed by atoms with van der Waals surface area (Å²) in [5, 5.41) is 6.61. The van der Waals surface area contributed by atoms with Gasteiger partial charge in [-0.25, -0.2) is 4.98 Å². The van der Waals surface area contributed by atoms with Crippen LogP contribution in [0.4, 0.5) is 5.69 Å². The Morgan fingerprint density at radius 3 is 2.67 bits per heavy atom. The van der Waals surface area contributed by atoms with E-state index in [-0.39, 0.29) is 6.04 Å². The van der Waals surface area contributed by atoms with Crippen molar-refractivity contribution in [2.45, 2.75) is 25.3 Å². The predicted octanol–water partition coefficient (Wildman–Crippen LogP) is 6.24. The van der Waals surface area contributed by atoms with Crippen LogP contribution in [0.2, 0.25) is 15.1 Å². The molecule has 4 rings (SSSR count). The number of nitrogens with one attached hydrogen (secondary N) is 1. The van der Waals surface area contributed by atoms with Crippen LogP contribution in [0.3, 0.4) is 0 Å². The second-order valence-corrected chi connectivity index (χ2v) is 7.73. The van der Waals surface area contributed by atoms with Crippen LogP contribution >= 0.6 is 34.8 Å². The second kappa shape index (κ2) is 7.93. The fraction of sp³-hybridized carbons (Fsp3) is 0.200. The number of aromatic nitrogens is 2. The van der Waals surface area contributed by atoms with Gasteiger partial charge in [-0.05, 0) is 55.2 Å². The minimum absolute atomic E-state index is 0.0773. The van der Waals surface area contributed by atoms with Crippen LogP contribution in [-0.2, 0) is 6.42 Å². The van der Waals surface area contributed by atoms with Gasteiger partial charge in [-0.1, -0.05) is 40.9 Å². The minimum Gasteiger partial charge on any atom is -0.328 e. The molecule has 138 valence electrons. The zero-order valence-electron chi connectivity index (χ0n) is 14.4. The van der Waals surface area contributed by atoms with E-state index in [2.05, 4.69) is 15.0 Å². The lowest BCUT2D eigenvalue weighted by molar-refractivity contribution is 0.568. The van der Waals surface area contributed by atoms with Crippen molar-refractivity contribution in [2.24, 2.45) is 5.10 Å². The second-order valence-electron chi connectivity index (χ2n) is 6.45. The Kier molecular flexibility index (Phi) is 5.39. The average Bonchev–Trinajstić information content (AvgIpc) is 3.11. The van der Waals surface area contributed by atoms with E-state index in [0.717, 1.165) is 35.6 Å². The molecule has 0 aliphatic heterocycles. The number of hydrazone groups is 1. The van der Waals surface area contributed by atoms with Gasteiger partial charge >= 0.3 is 0 Å². The molecule has 0 saturated carbocycles. The number of hydrogen-bond acceptors (Lipinski definition) is 3. The smallest absolute Gasteiger partial charge is 0.0952 e. The summed E-state index contributed by atoms with van der Waals surface area (Å²) in [6.45, 7) is 0. The number of imidazole rings is 1. The Labute approximate surface area is 172 Å². The summed E-state index contributed by atoms with van der Waals surface area (Å²) in [4.78, 5) is 4.21. The molecule has 1 aliphatic carbocycles. The number of rotatable bonds is 3. The van der Waals surface area contributed by atoms with Gasteiger partial charge in [0.15, 0.2) is 0 Å². The maximum atomic E-state index is 6.29. The summed E-state index contributed by atoms with van der Waals surface area (Å²) in [6, 6.07) is 11.3. The van der Waals surface area contributed by atoms with Gasteiger partial charge in [0.25, 0.3) is 0 Å². The fourth-order valence-electron chi connectivity index (χ4n) is 3.40. The third kappa shape index (κ3) is 3.98. The number of anilines is 1. The predicted molar refractivity (Wildman–Crippen MR) is 112 cm³/mol. The lowest BCUT2D eigenvalue weighted by Crippen LogP contribution is -2.20. The van der Waals surface area contributed by atoms with Crippen molar-refractivity contribution in [3.8, 4) is 0 Å². The summed E-state index contributed by atoms with van der Waals surface area (Å²) in [7, 11) is 0. The molecule has 1 unspecified atom stereocenters. The SMILES string of the molecule is Clc1ccc(NN=C2c3ccc(Cl)cc3CCCC2n2ccnc2)c(Cl)c1. The number of fused-ring (bicyclic) bond motifs is 1. The molecule has 7 heteroatoms. The third-order valence-electron chi connectivity index (χ3n) is 4.70. The highest BCUT2D eigenvalue weighted by molar-refractivity contribution is 6.36. The molecule has 1 N–H and O–H groups in total. The van der Waals surface area contributed by atoms with Gasteiger partial charge in [0.05, 0.1) is 28.8 Å². The zero-order chi connectivity index (χ0) is 18.8. The molecule has 0 radical (unpaired) electrons. The van der Waals surface area contributed by atoms with Gasteiger partial charge in [-0.2, -0.15) is 5.10 Å². The molecule has 1 heterocycles. The fourth-order valence-corrected chi connectivity index (χ4v) is 4.05. The number of halogens is 3. The maximum absolute atomic E-state index is 6.29. The van der Waals surface area contributed by atoms with E-state index in [1.54, 1.807) is 18.3 Å². The first-order valence-corrected chi connectivity index (χ1v) is 9.80. The van der Waals surface area contributed by atoms with Crippen molar-refractivity contribution in [3.63, 3.8) is 0 Å². The molecular weight excluding hydrogens is 403 g/mol. The van der Waals surface area contributed by atoms with Crippen LogP contribution in [0.5, 0.6) is 0 Å². The summed E-state index contributed by atoms with van der Waals surface area (Å²) in [5.74, 6) is 0.